The van der Waals surface area contributed by atoms with Crippen LogP contribution in [-0.2, 0) is 4.74 Å². The van der Waals surface area contributed by atoms with Crippen molar-refractivity contribution in [2.75, 3.05) is 13.7 Å². The summed E-state index contributed by atoms with van der Waals surface area (Å²) in [6.45, 7) is 6.90. The van der Waals surface area contributed by atoms with Gasteiger partial charge in [-0.3, -0.25) is 14.6 Å². The normalized spacial score (nSPS) is 22.8. The summed E-state index contributed by atoms with van der Waals surface area (Å²) in [7, 11) is 1.69. The lowest BCUT2D eigenvalue weighted by molar-refractivity contribution is -0.0705. The molecule has 31 heavy (non-hydrogen) atoms. The zero-order valence-electron chi connectivity index (χ0n) is 18.3. The molecule has 1 saturated heterocycles. The Hall–Kier alpha value is -2.51. The highest BCUT2D eigenvalue weighted by atomic mass is 32.2. The second-order valence-electron chi connectivity index (χ2n) is 8.83. The second kappa shape index (κ2) is 7.57. The molecule has 162 valence electrons. The third-order valence-corrected chi connectivity index (χ3v) is 7.36. The number of rotatable bonds is 3. The number of nitrogens with one attached hydrogen (secondary N) is 1. The highest BCUT2D eigenvalue weighted by Crippen LogP contribution is 2.47. The Labute approximate surface area is 185 Å². The number of aliphatic imine (C=N–C) groups is 1. The smallest absolute Gasteiger partial charge is 0.271 e. The molecule has 0 radical (unpaired) electrons. The van der Waals surface area contributed by atoms with Crippen LogP contribution in [0.5, 0.6) is 5.75 Å². The highest BCUT2D eigenvalue weighted by molar-refractivity contribution is 8.14. The Balaban J connectivity index is 1.66. The fourth-order valence-corrected chi connectivity index (χ4v) is 5.96. The summed E-state index contributed by atoms with van der Waals surface area (Å²) >= 11 is 1.64. The van der Waals surface area contributed by atoms with Gasteiger partial charge in [-0.2, -0.15) is 0 Å². The summed E-state index contributed by atoms with van der Waals surface area (Å²) in [6, 6.07) is 12.4. The van der Waals surface area contributed by atoms with Crippen molar-refractivity contribution in [3.63, 3.8) is 0 Å². The number of benzene rings is 2. The number of fused-ring (bicyclic) bond motifs is 2. The molecular formula is C24H27N3O3S. The summed E-state index contributed by atoms with van der Waals surface area (Å²) < 4.78 is 13.5. The maximum atomic E-state index is 13.2. The van der Waals surface area contributed by atoms with Gasteiger partial charge in [0.2, 0.25) is 0 Å². The van der Waals surface area contributed by atoms with Gasteiger partial charge in [0.05, 0.1) is 34.6 Å². The van der Waals surface area contributed by atoms with Gasteiger partial charge in [0.15, 0.2) is 5.82 Å². The van der Waals surface area contributed by atoms with E-state index in [1.807, 2.05) is 29.8 Å². The predicted molar refractivity (Wildman–Crippen MR) is 126 cm³/mol. The molecule has 0 unspecified atom stereocenters. The lowest BCUT2D eigenvalue weighted by Crippen LogP contribution is -2.35. The molecule has 5 rings (SSSR count). The van der Waals surface area contributed by atoms with E-state index in [-0.39, 0.29) is 22.5 Å². The lowest BCUT2D eigenvalue weighted by Gasteiger charge is -2.36. The molecule has 0 aliphatic carbocycles. The molecule has 2 aliphatic rings. The molecule has 7 heteroatoms. The van der Waals surface area contributed by atoms with Gasteiger partial charge < -0.3 is 9.47 Å². The zero-order chi connectivity index (χ0) is 21.8. The molecule has 0 bridgehead atoms. The zero-order valence-corrected chi connectivity index (χ0v) is 19.1. The summed E-state index contributed by atoms with van der Waals surface area (Å²) in [5.41, 5.74) is 1.56. The number of aromatic nitrogens is 2. The van der Waals surface area contributed by atoms with Crippen LogP contribution < -0.4 is 10.3 Å². The van der Waals surface area contributed by atoms with Crippen molar-refractivity contribution >= 4 is 33.4 Å². The quantitative estimate of drug-likeness (QED) is 0.599. The number of hydrogen-bond acceptors (Lipinski definition) is 5. The minimum Gasteiger partial charge on any atom is -0.496 e. The van der Waals surface area contributed by atoms with Gasteiger partial charge in [0.1, 0.15) is 5.75 Å². The fourth-order valence-electron chi connectivity index (χ4n) is 4.81. The van der Waals surface area contributed by atoms with E-state index in [1.54, 1.807) is 18.9 Å². The number of aromatic amines is 1. The molecule has 3 heterocycles. The summed E-state index contributed by atoms with van der Waals surface area (Å²) in [4.78, 5) is 18.0. The van der Waals surface area contributed by atoms with Gasteiger partial charge >= 0.3 is 0 Å². The topological polar surface area (TPSA) is 68.6 Å². The van der Waals surface area contributed by atoms with E-state index in [9.17, 15) is 4.79 Å². The lowest BCUT2D eigenvalue weighted by atomic mass is 9.94. The molecule has 0 amide bonds. The Morgan fingerprint density at radius 1 is 1.23 bits per heavy atom. The summed E-state index contributed by atoms with van der Waals surface area (Å²) in [5.74, 6) is 1.59. The number of thioether (sulfide) groups is 1. The van der Waals surface area contributed by atoms with Crippen molar-refractivity contribution in [1.29, 1.82) is 0 Å². The molecule has 1 fully saturated rings. The molecule has 1 aromatic heterocycles. The largest absolute Gasteiger partial charge is 0.496 e. The van der Waals surface area contributed by atoms with Crippen molar-refractivity contribution in [3.8, 4) is 5.75 Å². The van der Waals surface area contributed by atoms with Crippen molar-refractivity contribution in [2.45, 2.75) is 50.5 Å². The van der Waals surface area contributed by atoms with Crippen LogP contribution in [0.2, 0.25) is 0 Å². The number of methoxy groups -OCH3 is 1. The summed E-state index contributed by atoms with van der Waals surface area (Å²) in [6.07, 6.45) is 1.69. The molecular weight excluding hydrogens is 410 g/mol. The maximum absolute atomic E-state index is 13.2. The molecule has 2 aliphatic heterocycles. The Morgan fingerprint density at radius 3 is 2.74 bits per heavy atom. The second-order valence-corrected chi connectivity index (χ2v) is 10.1. The van der Waals surface area contributed by atoms with Crippen LogP contribution in [0.4, 0.5) is 5.82 Å². The average Bonchev–Trinajstić information content (AvgIpc) is 3.08. The van der Waals surface area contributed by atoms with Gasteiger partial charge in [-0.25, -0.2) is 4.99 Å². The van der Waals surface area contributed by atoms with Gasteiger partial charge in [-0.15, -0.1) is 0 Å². The molecule has 2 atom stereocenters. The molecule has 3 aromatic rings. The average molecular weight is 438 g/mol. The van der Waals surface area contributed by atoms with Crippen LogP contribution in [-0.4, -0.2) is 34.1 Å². The molecule has 6 nitrogen and oxygen atoms in total. The Bertz CT molecular complexity index is 1240. The first kappa shape index (κ1) is 20.4. The standard InChI is InChI=1S/C24H27N3O3S/c1-14-25-22-20(23(28)26-27(22)15-11-12-30-24(2,3)13-15)21(31-14)18-9-10-19(29-4)17-8-6-5-7-16(17)18/h5-10,15,21H,11-13H2,1-4H3,(H,26,28)/t15-,21-/m0/s1. The van der Waals surface area contributed by atoms with Crippen molar-refractivity contribution in [3.05, 3.63) is 57.9 Å². The minimum absolute atomic E-state index is 0.0621. The highest BCUT2D eigenvalue weighted by Gasteiger charge is 2.36. The first-order chi connectivity index (χ1) is 14.9. The van der Waals surface area contributed by atoms with Gasteiger partial charge in [-0.1, -0.05) is 42.1 Å². The monoisotopic (exact) mass is 437 g/mol. The van der Waals surface area contributed by atoms with Crippen molar-refractivity contribution in [2.24, 2.45) is 4.99 Å². The number of hydrogen-bond donors (Lipinski definition) is 1. The van der Waals surface area contributed by atoms with E-state index in [4.69, 9.17) is 14.5 Å². The molecule has 0 saturated carbocycles. The molecule has 1 N–H and O–H groups in total. The predicted octanol–water partition coefficient (Wildman–Crippen LogP) is 5.35. The van der Waals surface area contributed by atoms with Crippen LogP contribution in [0, 0.1) is 0 Å². The Kier molecular flexibility index (Phi) is 4.98. The van der Waals surface area contributed by atoms with Crippen molar-refractivity contribution < 1.29 is 9.47 Å². The number of nitrogens with zero attached hydrogens (tertiary/aromatic N) is 2. The van der Waals surface area contributed by atoms with E-state index in [0.29, 0.717) is 6.61 Å². The van der Waals surface area contributed by atoms with Crippen LogP contribution in [0.15, 0.2) is 46.2 Å². The fraction of sp³-hybridized carbons (Fsp3) is 0.417. The Morgan fingerprint density at radius 2 is 2.00 bits per heavy atom. The summed E-state index contributed by atoms with van der Waals surface area (Å²) in [5, 5.41) is 6.09. The van der Waals surface area contributed by atoms with E-state index >= 15 is 0 Å². The first-order valence-corrected chi connectivity index (χ1v) is 11.5. The third-order valence-electron chi connectivity index (χ3n) is 6.21. The first-order valence-electron chi connectivity index (χ1n) is 10.6. The van der Waals surface area contributed by atoms with E-state index < -0.39 is 0 Å². The van der Waals surface area contributed by atoms with Crippen LogP contribution in [0.3, 0.4) is 0 Å². The van der Waals surface area contributed by atoms with E-state index in [1.165, 1.54) is 0 Å². The maximum Gasteiger partial charge on any atom is 0.271 e. The molecule has 0 spiro atoms. The van der Waals surface area contributed by atoms with Gasteiger partial charge in [-0.05, 0) is 50.6 Å². The number of H-pyrrole nitrogens is 1. The van der Waals surface area contributed by atoms with Crippen LogP contribution >= 0.6 is 11.8 Å². The number of ether oxygens (including phenoxy) is 2. The van der Waals surface area contributed by atoms with Crippen LogP contribution in [0.1, 0.15) is 56.0 Å². The van der Waals surface area contributed by atoms with Gasteiger partial charge in [0.25, 0.3) is 5.56 Å². The van der Waals surface area contributed by atoms with Crippen molar-refractivity contribution in [1.82, 2.24) is 9.78 Å². The minimum atomic E-state index is -0.218. The van der Waals surface area contributed by atoms with E-state index in [0.717, 1.165) is 51.4 Å². The SMILES string of the molecule is COc1ccc([C@@H]2SC(C)=Nc3c2c(=O)[nH]n3[C@H]2CCOC(C)(C)C2)c2ccccc12. The van der Waals surface area contributed by atoms with Crippen LogP contribution in [0.25, 0.3) is 10.8 Å². The third kappa shape index (κ3) is 3.49. The van der Waals surface area contributed by atoms with E-state index in [2.05, 4.69) is 37.1 Å². The molecule has 2 aromatic carbocycles. The van der Waals surface area contributed by atoms with Gasteiger partial charge in [0, 0.05) is 12.0 Å².